The maximum Gasteiger partial charge on any atom is 0.330 e. The molecule has 4 aromatic rings. The first-order chi connectivity index (χ1) is 19.4. The Morgan fingerprint density at radius 3 is 2.41 bits per heavy atom. The fourth-order valence-corrected chi connectivity index (χ4v) is 6.69. The van der Waals surface area contributed by atoms with Crippen LogP contribution in [0.4, 0.5) is 0 Å². The monoisotopic (exact) mass is 574 g/mol. The third-order valence-electron chi connectivity index (χ3n) is 7.29. The highest BCUT2D eigenvalue weighted by molar-refractivity contribution is 7.89. The Morgan fingerprint density at radius 1 is 1.02 bits per heavy atom. The minimum absolute atomic E-state index is 0.0819. The van der Waals surface area contributed by atoms with Crippen LogP contribution in [-0.4, -0.2) is 63.0 Å². The molecule has 5 rings (SSSR count). The molecular formula is C30H34N6O4S. The van der Waals surface area contributed by atoms with Gasteiger partial charge in [0.2, 0.25) is 10.0 Å². The van der Waals surface area contributed by atoms with Gasteiger partial charge in [0.05, 0.1) is 27.7 Å². The molecule has 0 bridgehead atoms. The molecule has 1 aliphatic heterocycles. The SMILES string of the molecule is Cn1c(=O)n(CC(C)(C)C)c2ccc(-c3cc(CN4CCN(S(=O)(=O)c5cccc(O)c5)CC4)ccc3C#N)nc21. The van der Waals surface area contributed by atoms with E-state index in [1.165, 1.54) is 28.6 Å². The predicted octanol–water partition coefficient (Wildman–Crippen LogP) is 3.53. The second kappa shape index (κ2) is 10.8. The number of aryl methyl sites for hydroxylation is 1. The lowest BCUT2D eigenvalue weighted by Crippen LogP contribution is -2.48. The topological polar surface area (TPSA) is 124 Å². The molecule has 41 heavy (non-hydrogen) atoms. The number of phenolic OH excluding ortho intramolecular Hbond substituents is 1. The molecule has 0 radical (unpaired) electrons. The predicted molar refractivity (Wildman–Crippen MR) is 157 cm³/mol. The molecule has 0 aliphatic carbocycles. The van der Waals surface area contributed by atoms with Crippen molar-refractivity contribution in [2.24, 2.45) is 12.5 Å². The minimum Gasteiger partial charge on any atom is -0.508 e. The number of piperazine rings is 1. The average molecular weight is 575 g/mol. The first kappa shape index (κ1) is 28.5. The van der Waals surface area contributed by atoms with Gasteiger partial charge >= 0.3 is 5.69 Å². The summed E-state index contributed by atoms with van der Waals surface area (Å²) < 4.78 is 30.8. The molecule has 1 saturated heterocycles. The van der Waals surface area contributed by atoms with Crippen LogP contribution in [0.1, 0.15) is 31.9 Å². The van der Waals surface area contributed by atoms with Crippen LogP contribution in [0.15, 0.2) is 64.3 Å². The van der Waals surface area contributed by atoms with Crippen molar-refractivity contribution < 1.29 is 13.5 Å². The van der Waals surface area contributed by atoms with Crippen molar-refractivity contribution in [3.63, 3.8) is 0 Å². The van der Waals surface area contributed by atoms with Crippen LogP contribution >= 0.6 is 0 Å². The highest BCUT2D eigenvalue weighted by Crippen LogP contribution is 2.28. The normalized spacial score (nSPS) is 15.3. The molecule has 10 nitrogen and oxygen atoms in total. The number of phenols is 1. The number of hydrogen-bond donors (Lipinski definition) is 1. The summed E-state index contributed by atoms with van der Waals surface area (Å²) in [6.45, 7) is 9.14. The molecule has 0 atom stereocenters. The summed E-state index contributed by atoms with van der Waals surface area (Å²) in [5.74, 6) is -0.0836. The lowest BCUT2D eigenvalue weighted by Gasteiger charge is -2.34. The maximum atomic E-state index is 13.0. The summed E-state index contributed by atoms with van der Waals surface area (Å²) in [5.41, 5.74) is 3.87. The Balaban J connectivity index is 1.37. The average Bonchev–Trinajstić information content (AvgIpc) is 3.16. The van der Waals surface area contributed by atoms with Gasteiger partial charge in [-0.25, -0.2) is 18.2 Å². The van der Waals surface area contributed by atoms with E-state index in [2.05, 4.69) is 31.7 Å². The van der Waals surface area contributed by atoms with Gasteiger partial charge in [-0.15, -0.1) is 0 Å². The summed E-state index contributed by atoms with van der Waals surface area (Å²) >= 11 is 0. The van der Waals surface area contributed by atoms with E-state index in [0.29, 0.717) is 61.7 Å². The van der Waals surface area contributed by atoms with Crippen molar-refractivity contribution in [1.29, 1.82) is 5.26 Å². The van der Waals surface area contributed by atoms with Gasteiger partial charge in [0.1, 0.15) is 5.75 Å². The Kier molecular flexibility index (Phi) is 7.50. The van der Waals surface area contributed by atoms with Gasteiger partial charge in [0.15, 0.2) is 5.65 Å². The van der Waals surface area contributed by atoms with Gasteiger partial charge < -0.3 is 5.11 Å². The number of sulfonamides is 1. The fraction of sp³-hybridized carbons (Fsp3) is 0.367. The van der Waals surface area contributed by atoms with Crippen molar-refractivity contribution in [3.8, 4) is 23.1 Å². The van der Waals surface area contributed by atoms with Crippen molar-refractivity contribution in [2.45, 2.75) is 38.8 Å². The first-order valence-corrected chi connectivity index (χ1v) is 14.9. The zero-order chi connectivity index (χ0) is 29.5. The molecule has 11 heteroatoms. The lowest BCUT2D eigenvalue weighted by molar-refractivity contribution is 0.181. The van der Waals surface area contributed by atoms with E-state index < -0.39 is 10.0 Å². The molecule has 1 fully saturated rings. The van der Waals surface area contributed by atoms with Crippen molar-refractivity contribution in [2.75, 3.05) is 26.2 Å². The third-order valence-corrected chi connectivity index (χ3v) is 9.18. The van der Waals surface area contributed by atoms with Gasteiger partial charge in [-0.2, -0.15) is 9.57 Å². The van der Waals surface area contributed by atoms with Gasteiger partial charge in [0.25, 0.3) is 0 Å². The molecule has 2 aromatic carbocycles. The van der Waals surface area contributed by atoms with E-state index in [4.69, 9.17) is 4.98 Å². The number of hydrogen-bond acceptors (Lipinski definition) is 7. The van der Waals surface area contributed by atoms with Crippen LogP contribution in [0, 0.1) is 16.7 Å². The highest BCUT2D eigenvalue weighted by atomic mass is 32.2. The van der Waals surface area contributed by atoms with E-state index in [0.717, 1.165) is 11.1 Å². The van der Waals surface area contributed by atoms with E-state index in [9.17, 15) is 23.6 Å². The minimum atomic E-state index is -3.69. The summed E-state index contributed by atoms with van der Waals surface area (Å²) in [7, 11) is -1.98. The summed E-state index contributed by atoms with van der Waals surface area (Å²) in [4.78, 5) is 20.0. The fourth-order valence-electron chi connectivity index (χ4n) is 5.23. The number of rotatable bonds is 6. The number of nitriles is 1. The molecule has 0 amide bonds. The largest absolute Gasteiger partial charge is 0.508 e. The van der Waals surface area contributed by atoms with Crippen LogP contribution in [0.3, 0.4) is 0 Å². The second-order valence-corrected chi connectivity index (χ2v) is 13.6. The molecule has 3 heterocycles. The maximum absolute atomic E-state index is 13.0. The molecule has 1 aliphatic rings. The third kappa shape index (κ3) is 5.77. The van der Waals surface area contributed by atoms with Gasteiger partial charge in [0, 0.05) is 51.9 Å². The Hall–Kier alpha value is -3.98. The molecule has 1 N–H and O–H groups in total. The molecule has 0 unspecified atom stereocenters. The Morgan fingerprint density at radius 2 is 1.76 bits per heavy atom. The smallest absolute Gasteiger partial charge is 0.330 e. The Labute approximate surface area is 239 Å². The lowest BCUT2D eigenvalue weighted by atomic mass is 9.97. The van der Waals surface area contributed by atoms with Crippen LogP contribution in [0.25, 0.3) is 22.4 Å². The zero-order valence-electron chi connectivity index (χ0n) is 23.7. The Bertz CT molecular complexity index is 1820. The highest BCUT2D eigenvalue weighted by Gasteiger charge is 2.29. The van der Waals surface area contributed by atoms with Crippen LogP contribution < -0.4 is 5.69 Å². The van der Waals surface area contributed by atoms with Gasteiger partial charge in [-0.1, -0.05) is 32.9 Å². The molecule has 0 spiro atoms. The van der Waals surface area contributed by atoms with E-state index in [1.54, 1.807) is 22.2 Å². The first-order valence-electron chi connectivity index (χ1n) is 13.5. The van der Waals surface area contributed by atoms with Crippen LogP contribution in [-0.2, 0) is 30.2 Å². The van der Waals surface area contributed by atoms with E-state index in [1.807, 2.05) is 24.3 Å². The number of fused-ring (bicyclic) bond motifs is 1. The quantitative estimate of drug-likeness (QED) is 0.374. The number of aromatic nitrogens is 3. The molecule has 214 valence electrons. The number of nitrogens with zero attached hydrogens (tertiary/aromatic N) is 6. The van der Waals surface area contributed by atoms with Crippen molar-refractivity contribution in [1.82, 2.24) is 23.3 Å². The van der Waals surface area contributed by atoms with E-state index in [-0.39, 0.29) is 21.7 Å². The van der Waals surface area contributed by atoms with Gasteiger partial charge in [-0.3, -0.25) is 14.0 Å². The standard InChI is InChI=1S/C30H34N6O4S/c1-30(2,3)20-36-27-11-10-26(32-28(27)33(4)29(36)38)25-16-21(8-9-22(25)18-31)19-34-12-14-35(15-13-34)41(39,40)24-7-5-6-23(37)17-24/h5-11,16-17,37H,12-15,19-20H2,1-4H3. The van der Waals surface area contributed by atoms with Crippen molar-refractivity contribution in [3.05, 3.63) is 76.2 Å². The summed E-state index contributed by atoms with van der Waals surface area (Å²) in [5, 5.41) is 19.5. The second-order valence-electron chi connectivity index (χ2n) is 11.7. The van der Waals surface area contributed by atoms with Gasteiger partial charge in [-0.05, 0) is 53.4 Å². The molecular weight excluding hydrogens is 540 g/mol. The zero-order valence-corrected chi connectivity index (χ0v) is 24.5. The molecule has 0 saturated carbocycles. The molecule has 2 aromatic heterocycles. The summed E-state index contributed by atoms with van der Waals surface area (Å²) in [6, 6.07) is 17.4. The van der Waals surface area contributed by atoms with Crippen molar-refractivity contribution >= 4 is 21.2 Å². The van der Waals surface area contributed by atoms with Crippen LogP contribution in [0.5, 0.6) is 5.75 Å². The number of imidazole rings is 1. The summed E-state index contributed by atoms with van der Waals surface area (Å²) in [6.07, 6.45) is 0. The number of pyridine rings is 1. The number of aromatic hydroxyl groups is 1. The van der Waals surface area contributed by atoms with Crippen LogP contribution in [0.2, 0.25) is 0 Å². The van der Waals surface area contributed by atoms with E-state index >= 15 is 0 Å². The number of benzene rings is 2.